The fraction of sp³-hybridized carbons (Fsp3) is 0.622. The van der Waals surface area contributed by atoms with E-state index in [1.54, 1.807) is 0 Å². The molecule has 0 aromatic carbocycles. The van der Waals surface area contributed by atoms with Crippen molar-refractivity contribution >= 4 is 5.97 Å². The molecule has 1 unspecified atom stereocenters. The van der Waals surface area contributed by atoms with Crippen LogP contribution in [0.2, 0.25) is 0 Å². The van der Waals surface area contributed by atoms with Gasteiger partial charge in [0.2, 0.25) is 0 Å². The van der Waals surface area contributed by atoms with Crippen LogP contribution in [0.1, 0.15) is 155 Å². The average Bonchev–Trinajstić information content (AvgIpc) is 3.11. The highest BCUT2D eigenvalue weighted by atomic mass is 16.6. The topological polar surface area (TPSA) is 55.8 Å². The van der Waals surface area contributed by atoms with E-state index < -0.39 is 6.10 Å². The molecule has 0 aliphatic carbocycles. The third-order valence-corrected chi connectivity index (χ3v) is 7.87. The van der Waals surface area contributed by atoms with E-state index in [0.29, 0.717) is 13.0 Å². The van der Waals surface area contributed by atoms with E-state index in [0.717, 1.165) is 89.9 Å². The van der Waals surface area contributed by atoms with Crippen LogP contribution >= 0.6 is 0 Å². The average molecular weight is 679 g/mol. The molecular formula is C45H74O4. The van der Waals surface area contributed by atoms with Crippen LogP contribution in [-0.4, -0.2) is 37.0 Å². The van der Waals surface area contributed by atoms with Gasteiger partial charge in [-0.25, -0.2) is 0 Å². The van der Waals surface area contributed by atoms with E-state index in [9.17, 15) is 9.90 Å². The predicted molar refractivity (Wildman–Crippen MR) is 214 cm³/mol. The normalized spacial score (nSPS) is 13.4. The van der Waals surface area contributed by atoms with Gasteiger partial charge >= 0.3 is 5.97 Å². The number of allylic oxidation sites excluding steroid dienone is 16. The lowest BCUT2D eigenvalue weighted by molar-refractivity contribution is -0.154. The number of carbonyl (C=O) groups is 1. The number of carbonyl (C=O) groups excluding carboxylic acids is 1. The summed E-state index contributed by atoms with van der Waals surface area (Å²) in [5.41, 5.74) is 0. The zero-order valence-corrected chi connectivity index (χ0v) is 31.7. The van der Waals surface area contributed by atoms with Gasteiger partial charge in [-0.15, -0.1) is 0 Å². The summed E-state index contributed by atoms with van der Waals surface area (Å²) < 4.78 is 11.1. The molecule has 0 fully saturated rings. The molecular weight excluding hydrogens is 604 g/mol. The van der Waals surface area contributed by atoms with Crippen LogP contribution < -0.4 is 0 Å². The molecule has 1 atom stereocenters. The van der Waals surface area contributed by atoms with Gasteiger partial charge in [-0.2, -0.15) is 0 Å². The highest BCUT2D eigenvalue weighted by molar-refractivity contribution is 5.69. The van der Waals surface area contributed by atoms with Crippen LogP contribution in [0.25, 0.3) is 0 Å². The Morgan fingerprint density at radius 1 is 0.510 bits per heavy atom. The second-order valence-electron chi connectivity index (χ2n) is 12.6. The molecule has 4 heteroatoms. The van der Waals surface area contributed by atoms with Crippen molar-refractivity contribution in [2.24, 2.45) is 0 Å². The van der Waals surface area contributed by atoms with E-state index >= 15 is 0 Å². The first-order chi connectivity index (χ1) is 24.2. The molecule has 0 radical (unpaired) electrons. The summed E-state index contributed by atoms with van der Waals surface area (Å²) in [5.74, 6) is -0.234. The van der Waals surface area contributed by atoms with Crippen molar-refractivity contribution in [1.82, 2.24) is 0 Å². The number of aliphatic hydroxyl groups is 1. The largest absolute Gasteiger partial charge is 0.457 e. The maximum absolute atomic E-state index is 12.2. The summed E-state index contributed by atoms with van der Waals surface area (Å²) in [6, 6.07) is 0. The summed E-state index contributed by atoms with van der Waals surface area (Å²) in [6.45, 7) is 5.10. The Hall–Kier alpha value is -2.69. The highest BCUT2D eigenvalue weighted by Crippen LogP contribution is 2.10. The van der Waals surface area contributed by atoms with Gasteiger partial charge in [-0.1, -0.05) is 156 Å². The van der Waals surface area contributed by atoms with Gasteiger partial charge < -0.3 is 14.6 Å². The van der Waals surface area contributed by atoms with Crippen LogP contribution in [0, 0.1) is 0 Å². The third kappa shape index (κ3) is 39.6. The number of hydrogen-bond donors (Lipinski definition) is 1. The minimum Gasteiger partial charge on any atom is -0.457 e. The molecule has 278 valence electrons. The lowest BCUT2D eigenvalue weighted by Gasteiger charge is -2.15. The Labute approximate surface area is 302 Å². The molecule has 0 bridgehead atoms. The van der Waals surface area contributed by atoms with Crippen molar-refractivity contribution < 1.29 is 19.4 Å². The Bertz CT molecular complexity index is 934. The minimum absolute atomic E-state index is 0.193. The zero-order valence-electron chi connectivity index (χ0n) is 31.7. The first-order valence-electron chi connectivity index (χ1n) is 19.8. The monoisotopic (exact) mass is 679 g/mol. The number of esters is 1. The highest BCUT2D eigenvalue weighted by Gasteiger charge is 2.13. The standard InChI is InChI=1S/C45H74O4/c1-3-5-7-9-11-13-15-17-19-20-21-22-23-24-25-26-27-28-30-32-34-36-38-40-45(47)49-44(42-46)43-48-41-39-37-35-33-31-29-18-16-14-12-10-8-6-4-2/h5,7-8,10-11,13-14,16-17,19,21-22,24-25,27-28,44,46H,3-4,6,9,12,15,18,20,23,26,29-43H2,1-2H3/b7-5-,10-8-,13-11-,16-14-,19-17-,22-21-,25-24-,28-27-. The van der Waals surface area contributed by atoms with E-state index in [2.05, 4.69) is 111 Å². The summed E-state index contributed by atoms with van der Waals surface area (Å²) in [6.07, 6.45) is 58.8. The molecule has 0 aromatic rings. The molecule has 1 N–H and O–H groups in total. The molecule has 0 spiro atoms. The number of aliphatic hydroxyl groups excluding tert-OH is 1. The van der Waals surface area contributed by atoms with Gasteiger partial charge in [0.25, 0.3) is 0 Å². The maximum atomic E-state index is 12.2. The van der Waals surface area contributed by atoms with E-state index in [1.165, 1.54) is 44.9 Å². The van der Waals surface area contributed by atoms with Crippen LogP contribution in [0.15, 0.2) is 97.2 Å². The lowest BCUT2D eigenvalue weighted by atomic mass is 10.1. The fourth-order valence-electron chi connectivity index (χ4n) is 4.96. The summed E-state index contributed by atoms with van der Waals surface area (Å²) >= 11 is 0. The van der Waals surface area contributed by atoms with Gasteiger partial charge in [0.1, 0.15) is 6.10 Å². The Kier molecular flexibility index (Phi) is 39.2. The number of rotatable bonds is 35. The van der Waals surface area contributed by atoms with Gasteiger partial charge in [0.05, 0.1) is 13.2 Å². The third-order valence-electron chi connectivity index (χ3n) is 7.87. The van der Waals surface area contributed by atoms with Crippen molar-refractivity contribution in [2.75, 3.05) is 19.8 Å². The molecule has 4 nitrogen and oxygen atoms in total. The molecule has 0 aliphatic rings. The molecule has 0 rings (SSSR count). The fourth-order valence-corrected chi connectivity index (χ4v) is 4.96. The molecule has 0 amide bonds. The van der Waals surface area contributed by atoms with Crippen LogP contribution in [0.4, 0.5) is 0 Å². The van der Waals surface area contributed by atoms with Crippen LogP contribution in [-0.2, 0) is 14.3 Å². The summed E-state index contributed by atoms with van der Waals surface area (Å²) in [4.78, 5) is 12.2. The Morgan fingerprint density at radius 2 is 0.918 bits per heavy atom. The Morgan fingerprint density at radius 3 is 1.39 bits per heavy atom. The second-order valence-corrected chi connectivity index (χ2v) is 12.6. The first-order valence-corrected chi connectivity index (χ1v) is 19.8. The lowest BCUT2D eigenvalue weighted by Crippen LogP contribution is -2.27. The zero-order chi connectivity index (χ0) is 35.6. The number of unbranched alkanes of at least 4 members (excludes halogenated alkanes) is 11. The molecule has 0 saturated heterocycles. The molecule has 49 heavy (non-hydrogen) atoms. The second kappa shape index (κ2) is 41.5. The van der Waals surface area contributed by atoms with Crippen molar-refractivity contribution in [3.8, 4) is 0 Å². The van der Waals surface area contributed by atoms with E-state index in [-0.39, 0.29) is 19.2 Å². The first kappa shape index (κ1) is 46.3. The Balaban J connectivity index is 3.59. The van der Waals surface area contributed by atoms with Crippen molar-refractivity contribution in [3.63, 3.8) is 0 Å². The maximum Gasteiger partial charge on any atom is 0.306 e. The summed E-state index contributed by atoms with van der Waals surface area (Å²) in [7, 11) is 0. The molecule has 0 saturated carbocycles. The smallest absolute Gasteiger partial charge is 0.306 e. The SMILES string of the molecule is CC/C=C\C/C=C\C/C=C\C/C=C\C/C=C\C/C=C\CCCCCCC(=O)OC(CO)COCCCCCCCC/C=C\C/C=C\CCC. The minimum atomic E-state index is -0.559. The van der Waals surface area contributed by atoms with Gasteiger partial charge in [-0.3, -0.25) is 4.79 Å². The quantitative estimate of drug-likeness (QED) is 0.0412. The molecule has 0 aromatic heterocycles. The van der Waals surface area contributed by atoms with Gasteiger partial charge in [0.15, 0.2) is 0 Å². The molecule has 0 heterocycles. The van der Waals surface area contributed by atoms with Crippen molar-refractivity contribution in [1.29, 1.82) is 0 Å². The predicted octanol–water partition coefficient (Wildman–Crippen LogP) is 13.0. The molecule has 0 aliphatic heterocycles. The number of hydrogen-bond acceptors (Lipinski definition) is 4. The van der Waals surface area contributed by atoms with E-state index in [1.807, 2.05) is 0 Å². The van der Waals surface area contributed by atoms with Gasteiger partial charge in [-0.05, 0) is 89.9 Å². The van der Waals surface area contributed by atoms with Gasteiger partial charge in [0, 0.05) is 13.0 Å². The van der Waals surface area contributed by atoms with Crippen LogP contribution in [0.3, 0.4) is 0 Å². The number of ether oxygens (including phenoxy) is 2. The van der Waals surface area contributed by atoms with E-state index in [4.69, 9.17) is 9.47 Å². The van der Waals surface area contributed by atoms with Crippen molar-refractivity contribution in [3.05, 3.63) is 97.2 Å². The summed E-state index contributed by atoms with van der Waals surface area (Å²) in [5, 5.41) is 9.57. The van der Waals surface area contributed by atoms with Crippen LogP contribution in [0.5, 0.6) is 0 Å². The van der Waals surface area contributed by atoms with Crippen molar-refractivity contribution in [2.45, 2.75) is 161 Å².